The second-order valence-electron chi connectivity index (χ2n) is 3.39. The molecule has 1 aromatic rings. The van der Waals surface area contributed by atoms with Gasteiger partial charge >= 0.3 is 0 Å². The van der Waals surface area contributed by atoms with Crippen LogP contribution in [0.5, 0.6) is 0 Å². The van der Waals surface area contributed by atoms with Gasteiger partial charge in [0.05, 0.1) is 5.02 Å². The van der Waals surface area contributed by atoms with E-state index in [1.165, 1.54) is 6.07 Å². The Bertz CT molecular complexity index is 312. The zero-order chi connectivity index (χ0) is 10.7. The van der Waals surface area contributed by atoms with Crippen molar-refractivity contribution in [2.24, 2.45) is 0 Å². The highest BCUT2D eigenvalue weighted by Gasteiger charge is 2.15. The monoisotopic (exact) mass is 234 g/mol. The first-order chi connectivity index (χ1) is 6.56. The van der Waals surface area contributed by atoms with Gasteiger partial charge in [-0.05, 0) is 30.0 Å². The molecule has 1 rings (SSSR count). The van der Waals surface area contributed by atoms with E-state index in [9.17, 15) is 4.39 Å². The van der Waals surface area contributed by atoms with Crippen LogP contribution in [0.2, 0.25) is 5.02 Å². The van der Waals surface area contributed by atoms with Crippen LogP contribution in [0.25, 0.3) is 0 Å². The molecule has 0 bridgehead atoms. The molecule has 3 heteroatoms. The van der Waals surface area contributed by atoms with Crippen molar-refractivity contribution in [2.45, 2.75) is 31.6 Å². The van der Waals surface area contributed by atoms with E-state index in [4.69, 9.17) is 23.2 Å². The molecule has 0 aromatic heterocycles. The third-order valence-corrected chi connectivity index (χ3v) is 3.38. The van der Waals surface area contributed by atoms with Gasteiger partial charge in [0.15, 0.2) is 0 Å². The van der Waals surface area contributed by atoms with Crippen LogP contribution in [0.3, 0.4) is 0 Å². The summed E-state index contributed by atoms with van der Waals surface area (Å²) in [5.74, 6) is -0.190. The predicted molar refractivity (Wildman–Crippen MR) is 59.8 cm³/mol. The third kappa shape index (κ3) is 2.61. The van der Waals surface area contributed by atoms with E-state index in [0.717, 1.165) is 12.0 Å². The Kier molecular flexibility index (Phi) is 4.21. The minimum absolute atomic E-state index is 0.0662. The van der Waals surface area contributed by atoms with E-state index in [1.54, 1.807) is 12.1 Å². The summed E-state index contributed by atoms with van der Waals surface area (Å²) >= 11 is 11.8. The molecule has 2 unspecified atom stereocenters. The van der Waals surface area contributed by atoms with Crippen molar-refractivity contribution >= 4 is 23.2 Å². The Balaban J connectivity index is 2.91. The molecule has 0 aliphatic heterocycles. The molecule has 0 spiro atoms. The molecule has 0 N–H and O–H groups in total. The lowest BCUT2D eigenvalue weighted by molar-refractivity contribution is 0.623. The number of alkyl halides is 1. The Labute approximate surface area is 94.0 Å². The summed E-state index contributed by atoms with van der Waals surface area (Å²) in [5, 5.41) is 0.228. The number of halogens is 3. The Hall–Kier alpha value is -0.270. The fraction of sp³-hybridized carbons (Fsp3) is 0.455. The lowest BCUT2D eigenvalue weighted by atomic mass is 9.96. The molecule has 0 heterocycles. The third-order valence-electron chi connectivity index (χ3n) is 2.40. The van der Waals surface area contributed by atoms with Crippen LogP contribution >= 0.6 is 23.2 Å². The van der Waals surface area contributed by atoms with Gasteiger partial charge in [0.1, 0.15) is 5.82 Å². The first kappa shape index (κ1) is 11.8. The van der Waals surface area contributed by atoms with Gasteiger partial charge in [-0.1, -0.05) is 31.5 Å². The Morgan fingerprint density at radius 3 is 2.57 bits per heavy atom. The average molecular weight is 235 g/mol. The van der Waals surface area contributed by atoms with E-state index in [0.29, 0.717) is 0 Å². The molecule has 1 aromatic carbocycles. The first-order valence-corrected chi connectivity index (χ1v) is 5.46. The average Bonchev–Trinajstić information content (AvgIpc) is 2.20. The van der Waals surface area contributed by atoms with Crippen molar-refractivity contribution < 1.29 is 4.39 Å². The van der Waals surface area contributed by atoms with E-state index >= 15 is 0 Å². The highest BCUT2D eigenvalue weighted by atomic mass is 35.5. The molecule has 2 atom stereocenters. The normalized spacial score (nSPS) is 15.2. The minimum Gasteiger partial charge on any atom is -0.205 e. The van der Waals surface area contributed by atoms with Gasteiger partial charge in [0.25, 0.3) is 0 Å². The molecule has 0 fully saturated rings. The molecular weight excluding hydrogens is 222 g/mol. The van der Waals surface area contributed by atoms with E-state index in [1.807, 2.05) is 13.8 Å². The molecule has 0 saturated heterocycles. The Morgan fingerprint density at radius 2 is 2.07 bits per heavy atom. The molecule has 0 aliphatic rings. The zero-order valence-electron chi connectivity index (χ0n) is 8.23. The standard InChI is InChI=1S/C11H13Cl2F/c1-3-9(12)7(2)8-4-5-11(14)10(13)6-8/h4-7,9H,3H2,1-2H3. The molecule has 0 nitrogen and oxygen atoms in total. The van der Waals surface area contributed by atoms with Crippen LogP contribution < -0.4 is 0 Å². The summed E-state index contributed by atoms with van der Waals surface area (Å²) in [4.78, 5) is 0. The lowest BCUT2D eigenvalue weighted by Crippen LogP contribution is -2.08. The van der Waals surface area contributed by atoms with Gasteiger partial charge in [-0.25, -0.2) is 4.39 Å². The maximum absolute atomic E-state index is 12.9. The first-order valence-electron chi connectivity index (χ1n) is 4.65. The van der Waals surface area contributed by atoms with Crippen LogP contribution in [0.1, 0.15) is 31.7 Å². The van der Waals surface area contributed by atoms with Crippen molar-refractivity contribution in [3.05, 3.63) is 34.6 Å². The number of rotatable bonds is 3. The van der Waals surface area contributed by atoms with Gasteiger partial charge in [-0.3, -0.25) is 0 Å². The molecule has 0 saturated carbocycles. The smallest absolute Gasteiger partial charge is 0.141 e. The maximum Gasteiger partial charge on any atom is 0.141 e. The zero-order valence-corrected chi connectivity index (χ0v) is 9.74. The predicted octanol–water partition coefficient (Wildman–Crippen LogP) is 4.60. The quantitative estimate of drug-likeness (QED) is 0.671. The van der Waals surface area contributed by atoms with Crippen LogP contribution in [0.4, 0.5) is 4.39 Å². The van der Waals surface area contributed by atoms with Crippen molar-refractivity contribution in [1.82, 2.24) is 0 Å². The molecule has 0 radical (unpaired) electrons. The fourth-order valence-corrected chi connectivity index (χ4v) is 1.69. The largest absolute Gasteiger partial charge is 0.205 e. The molecule has 0 amide bonds. The summed E-state index contributed by atoms with van der Waals surface area (Å²) in [6.07, 6.45) is 0.887. The summed E-state index contributed by atoms with van der Waals surface area (Å²) in [6, 6.07) is 4.76. The van der Waals surface area contributed by atoms with Crippen LogP contribution in [-0.4, -0.2) is 5.38 Å². The summed E-state index contributed by atoms with van der Waals surface area (Å²) in [5.41, 5.74) is 0.984. The van der Waals surface area contributed by atoms with E-state index in [2.05, 4.69) is 0 Å². The highest BCUT2D eigenvalue weighted by Crippen LogP contribution is 2.28. The van der Waals surface area contributed by atoms with Gasteiger partial charge in [0.2, 0.25) is 0 Å². The molecule has 14 heavy (non-hydrogen) atoms. The second-order valence-corrected chi connectivity index (χ2v) is 4.35. The van der Waals surface area contributed by atoms with Crippen molar-refractivity contribution in [3.8, 4) is 0 Å². The number of hydrogen-bond acceptors (Lipinski definition) is 0. The van der Waals surface area contributed by atoms with Crippen LogP contribution in [-0.2, 0) is 0 Å². The minimum atomic E-state index is -0.384. The lowest BCUT2D eigenvalue weighted by Gasteiger charge is -2.16. The van der Waals surface area contributed by atoms with Crippen LogP contribution in [0.15, 0.2) is 18.2 Å². The summed E-state index contributed by atoms with van der Waals surface area (Å²) in [6.45, 7) is 4.05. The summed E-state index contributed by atoms with van der Waals surface area (Å²) < 4.78 is 12.9. The Morgan fingerprint density at radius 1 is 1.43 bits per heavy atom. The van der Waals surface area contributed by atoms with Gasteiger partial charge in [-0.15, -0.1) is 11.6 Å². The topological polar surface area (TPSA) is 0 Å². The molecule has 0 aliphatic carbocycles. The van der Waals surface area contributed by atoms with Gasteiger partial charge in [-0.2, -0.15) is 0 Å². The summed E-state index contributed by atoms with van der Waals surface area (Å²) in [7, 11) is 0. The fourth-order valence-electron chi connectivity index (χ4n) is 1.36. The SMILES string of the molecule is CCC(Cl)C(C)c1ccc(F)c(Cl)c1. The molecular formula is C11H13Cl2F. The maximum atomic E-state index is 12.9. The van der Waals surface area contributed by atoms with Crippen molar-refractivity contribution in [2.75, 3.05) is 0 Å². The van der Waals surface area contributed by atoms with Crippen molar-refractivity contribution in [3.63, 3.8) is 0 Å². The van der Waals surface area contributed by atoms with E-state index in [-0.39, 0.29) is 22.1 Å². The van der Waals surface area contributed by atoms with Crippen molar-refractivity contribution in [1.29, 1.82) is 0 Å². The number of hydrogen-bond donors (Lipinski definition) is 0. The molecule has 78 valence electrons. The number of benzene rings is 1. The second kappa shape index (κ2) is 4.99. The highest BCUT2D eigenvalue weighted by molar-refractivity contribution is 6.30. The van der Waals surface area contributed by atoms with Gasteiger partial charge in [0, 0.05) is 5.38 Å². The van der Waals surface area contributed by atoms with E-state index < -0.39 is 0 Å². The van der Waals surface area contributed by atoms with Gasteiger partial charge < -0.3 is 0 Å². The van der Waals surface area contributed by atoms with Crippen LogP contribution in [0, 0.1) is 5.82 Å².